The molecule has 0 amide bonds. The quantitative estimate of drug-likeness (QED) is 0.879. The maximum absolute atomic E-state index is 10.5. The Labute approximate surface area is 112 Å². The number of rotatable bonds is 2. The first-order valence-corrected chi connectivity index (χ1v) is 7.04. The fraction of sp³-hybridized carbons (Fsp3) is 0.571. The molecule has 1 aliphatic heterocycles. The monoisotopic (exact) mass is 297 g/mol. The third kappa shape index (κ3) is 2.90. The Kier molecular flexibility index (Phi) is 4.23. The molecular formula is C14H20BrNO. The van der Waals surface area contributed by atoms with Crippen LogP contribution in [-0.2, 0) is 0 Å². The Morgan fingerprint density at radius 1 is 1.35 bits per heavy atom. The van der Waals surface area contributed by atoms with Crippen molar-refractivity contribution in [2.24, 2.45) is 5.92 Å². The number of aliphatic hydroxyl groups is 1. The summed E-state index contributed by atoms with van der Waals surface area (Å²) in [5, 5.41) is 13.8. The van der Waals surface area contributed by atoms with Crippen LogP contribution in [0.3, 0.4) is 0 Å². The lowest BCUT2D eigenvalue weighted by Crippen LogP contribution is -2.33. The van der Waals surface area contributed by atoms with Crippen LogP contribution < -0.4 is 5.32 Å². The van der Waals surface area contributed by atoms with Gasteiger partial charge < -0.3 is 10.4 Å². The van der Waals surface area contributed by atoms with Crippen molar-refractivity contribution in [2.75, 3.05) is 13.1 Å². The first kappa shape index (κ1) is 13.1. The van der Waals surface area contributed by atoms with Gasteiger partial charge in [-0.2, -0.15) is 0 Å². The first-order chi connectivity index (χ1) is 8.09. The van der Waals surface area contributed by atoms with Gasteiger partial charge in [-0.1, -0.05) is 22.0 Å². The van der Waals surface area contributed by atoms with Gasteiger partial charge in [0.05, 0.1) is 6.10 Å². The van der Waals surface area contributed by atoms with Gasteiger partial charge in [-0.05, 0) is 56.0 Å². The molecule has 0 aliphatic carbocycles. The largest absolute Gasteiger partial charge is 0.388 e. The molecule has 1 heterocycles. The number of piperidine rings is 1. The number of nitrogens with one attached hydrogen (secondary N) is 1. The number of aliphatic hydroxyl groups excluding tert-OH is 1. The highest BCUT2D eigenvalue weighted by Crippen LogP contribution is 2.32. The van der Waals surface area contributed by atoms with Gasteiger partial charge in [-0.25, -0.2) is 0 Å². The molecule has 17 heavy (non-hydrogen) atoms. The molecule has 1 aliphatic rings. The molecule has 3 heteroatoms. The molecule has 2 rings (SSSR count). The molecular weight excluding hydrogens is 278 g/mol. The Balaban J connectivity index is 2.23. The highest BCUT2D eigenvalue weighted by molar-refractivity contribution is 9.10. The minimum Gasteiger partial charge on any atom is -0.388 e. The standard InChI is InChI=1S/C14H20BrNO/c1-9-7-13(15)10(2)6-12(9)14(17)11-4-3-5-16-8-11/h6-7,11,14,16-17H,3-5,8H2,1-2H3. The first-order valence-electron chi connectivity index (χ1n) is 6.25. The number of aryl methyl sites for hydroxylation is 2. The Morgan fingerprint density at radius 3 is 2.76 bits per heavy atom. The summed E-state index contributed by atoms with van der Waals surface area (Å²) in [5.41, 5.74) is 3.44. The Bertz CT molecular complexity index is 399. The van der Waals surface area contributed by atoms with Gasteiger partial charge in [-0.3, -0.25) is 0 Å². The van der Waals surface area contributed by atoms with Gasteiger partial charge in [0.25, 0.3) is 0 Å². The lowest BCUT2D eigenvalue weighted by atomic mass is 9.87. The zero-order chi connectivity index (χ0) is 12.4. The van der Waals surface area contributed by atoms with E-state index in [2.05, 4.69) is 47.2 Å². The van der Waals surface area contributed by atoms with Crippen LogP contribution >= 0.6 is 15.9 Å². The van der Waals surface area contributed by atoms with Gasteiger partial charge >= 0.3 is 0 Å². The maximum Gasteiger partial charge on any atom is 0.0833 e. The maximum atomic E-state index is 10.5. The molecule has 2 unspecified atom stereocenters. The van der Waals surface area contributed by atoms with E-state index >= 15 is 0 Å². The average molecular weight is 298 g/mol. The van der Waals surface area contributed by atoms with E-state index in [9.17, 15) is 5.11 Å². The third-order valence-electron chi connectivity index (χ3n) is 3.65. The van der Waals surface area contributed by atoms with Crippen molar-refractivity contribution in [1.82, 2.24) is 5.32 Å². The van der Waals surface area contributed by atoms with Crippen LogP contribution in [0.4, 0.5) is 0 Å². The summed E-state index contributed by atoms with van der Waals surface area (Å²) < 4.78 is 1.12. The lowest BCUT2D eigenvalue weighted by Gasteiger charge is -2.28. The fourth-order valence-corrected chi connectivity index (χ4v) is 2.98. The van der Waals surface area contributed by atoms with Crippen molar-refractivity contribution in [3.8, 4) is 0 Å². The highest BCUT2D eigenvalue weighted by atomic mass is 79.9. The molecule has 1 aromatic rings. The van der Waals surface area contributed by atoms with E-state index in [-0.39, 0.29) is 6.10 Å². The van der Waals surface area contributed by atoms with Crippen molar-refractivity contribution in [3.63, 3.8) is 0 Å². The van der Waals surface area contributed by atoms with Crippen LogP contribution in [0.25, 0.3) is 0 Å². The zero-order valence-corrected chi connectivity index (χ0v) is 12.0. The van der Waals surface area contributed by atoms with Crippen molar-refractivity contribution in [2.45, 2.75) is 32.8 Å². The number of hydrogen-bond acceptors (Lipinski definition) is 2. The summed E-state index contributed by atoms with van der Waals surface area (Å²) in [6, 6.07) is 4.21. The van der Waals surface area contributed by atoms with E-state index in [4.69, 9.17) is 0 Å². The minimum absolute atomic E-state index is 0.338. The summed E-state index contributed by atoms with van der Waals surface area (Å²) >= 11 is 3.53. The summed E-state index contributed by atoms with van der Waals surface area (Å²) in [6.45, 7) is 6.15. The van der Waals surface area contributed by atoms with Gasteiger partial charge in [0, 0.05) is 16.9 Å². The summed E-state index contributed by atoms with van der Waals surface area (Å²) in [6.07, 6.45) is 1.94. The predicted octanol–water partition coefficient (Wildman–Crippen LogP) is 3.10. The van der Waals surface area contributed by atoms with Gasteiger partial charge in [0.2, 0.25) is 0 Å². The second kappa shape index (κ2) is 5.51. The fourth-order valence-electron chi connectivity index (χ4n) is 2.52. The molecule has 1 aromatic carbocycles. The summed E-state index contributed by atoms with van der Waals surface area (Å²) in [5.74, 6) is 0.350. The van der Waals surface area contributed by atoms with Crippen LogP contribution in [0.5, 0.6) is 0 Å². The van der Waals surface area contributed by atoms with Gasteiger partial charge in [0.1, 0.15) is 0 Å². The summed E-state index contributed by atoms with van der Waals surface area (Å²) in [7, 11) is 0. The molecule has 94 valence electrons. The molecule has 0 saturated carbocycles. The van der Waals surface area contributed by atoms with E-state index in [0.717, 1.165) is 36.0 Å². The number of benzene rings is 1. The molecule has 0 radical (unpaired) electrons. The SMILES string of the molecule is Cc1cc(C(O)C2CCCNC2)c(C)cc1Br. The van der Waals surface area contributed by atoms with E-state index in [0.29, 0.717) is 5.92 Å². The molecule has 1 saturated heterocycles. The van der Waals surface area contributed by atoms with Crippen molar-refractivity contribution in [3.05, 3.63) is 33.3 Å². The van der Waals surface area contributed by atoms with Crippen molar-refractivity contribution >= 4 is 15.9 Å². The normalized spacial score (nSPS) is 22.5. The smallest absolute Gasteiger partial charge is 0.0833 e. The third-order valence-corrected chi connectivity index (χ3v) is 4.50. The highest BCUT2D eigenvalue weighted by Gasteiger charge is 2.24. The second-order valence-corrected chi connectivity index (χ2v) is 5.86. The molecule has 2 atom stereocenters. The molecule has 0 aromatic heterocycles. The van der Waals surface area contributed by atoms with Gasteiger partial charge in [0.15, 0.2) is 0 Å². The van der Waals surface area contributed by atoms with Gasteiger partial charge in [-0.15, -0.1) is 0 Å². The molecule has 2 N–H and O–H groups in total. The van der Waals surface area contributed by atoms with Crippen LogP contribution in [0.1, 0.15) is 35.6 Å². The minimum atomic E-state index is -0.338. The van der Waals surface area contributed by atoms with E-state index < -0.39 is 0 Å². The van der Waals surface area contributed by atoms with E-state index in [1.165, 1.54) is 11.1 Å². The summed E-state index contributed by atoms with van der Waals surface area (Å²) in [4.78, 5) is 0. The van der Waals surface area contributed by atoms with Crippen LogP contribution in [-0.4, -0.2) is 18.2 Å². The Morgan fingerprint density at radius 2 is 2.12 bits per heavy atom. The van der Waals surface area contributed by atoms with Crippen LogP contribution in [0.2, 0.25) is 0 Å². The number of halogens is 1. The van der Waals surface area contributed by atoms with Crippen molar-refractivity contribution < 1.29 is 5.11 Å². The van der Waals surface area contributed by atoms with E-state index in [1.54, 1.807) is 0 Å². The van der Waals surface area contributed by atoms with E-state index in [1.807, 2.05) is 0 Å². The lowest BCUT2D eigenvalue weighted by molar-refractivity contribution is 0.0915. The molecule has 0 bridgehead atoms. The predicted molar refractivity (Wildman–Crippen MR) is 74.2 cm³/mol. The van der Waals surface area contributed by atoms with Crippen LogP contribution in [0.15, 0.2) is 16.6 Å². The second-order valence-electron chi connectivity index (χ2n) is 5.01. The van der Waals surface area contributed by atoms with Crippen molar-refractivity contribution in [1.29, 1.82) is 0 Å². The molecule has 0 spiro atoms. The molecule has 1 fully saturated rings. The zero-order valence-electron chi connectivity index (χ0n) is 10.5. The number of hydrogen-bond donors (Lipinski definition) is 2. The topological polar surface area (TPSA) is 32.3 Å². The average Bonchev–Trinajstić information content (AvgIpc) is 2.34. The van der Waals surface area contributed by atoms with Crippen LogP contribution in [0, 0.1) is 19.8 Å². The Hall–Kier alpha value is -0.380. The molecule has 2 nitrogen and oxygen atoms in total.